The van der Waals surface area contributed by atoms with Crippen LogP contribution in [-0.2, 0) is 11.3 Å². The molecule has 0 aliphatic heterocycles. The van der Waals surface area contributed by atoms with Crippen LogP contribution in [0.25, 0.3) is 22.2 Å². The van der Waals surface area contributed by atoms with Crippen molar-refractivity contribution in [3.05, 3.63) is 77.4 Å². The first kappa shape index (κ1) is 16.1. The van der Waals surface area contributed by atoms with Crippen LogP contribution < -0.4 is 0 Å². The number of benzene rings is 2. The number of ether oxygens (including phenoxy) is 1. The maximum Gasteiger partial charge on any atom is 0.355 e. The lowest BCUT2D eigenvalue weighted by atomic mass is 10.1. The molecule has 0 saturated carbocycles. The minimum Gasteiger partial charge on any atom is -0.454 e. The van der Waals surface area contributed by atoms with E-state index in [9.17, 15) is 9.18 Å². The quantitative estimate of drug-likeness (QED) is 0.545. The number of aromatic nitrogens is 2. The third kappa shape index (κ3) is 2.97. The van der Waals surface area contributed by atoms with Gasteiger partial charge in [0.25, 0.3) is 0 Å². The van der Waals surface area contributed by atoms with Crippen molar-refractivity contribution < 1.29 is 18.4 Å². The van der Waals surface area contributed by atoms with Crippen LogP contribution in [0.5, 0.6) is 0 Å². The first-order chi connectivity index (χ1) is 12.6. The predicted octanol–water partition coefficient (Wildman–Crippen LogP) is 4.63. The van der Waals surface area contributed by atoms with Gasteiger partial charge >= 0.3 is 5.97 Å². The van der Waals surface area contributed by atoms with Gasteiger partial charge in [0.15, 0.2) is 5.76 Å². The standard InChI is InChI=1S/C20H15FN2O3/c1-12-18(23-26-19(12)13-6-8-15(21)9-7-13)11-25-20(24)17-10-14-4-2-3-5-16(14)22-17/h2-10,22H,11H2,1H3. The number of fused-ring (bicyclic) bond motifs is 1. The maximum absolute atomic E-state index is 13.0. The Morgan fingerprint density at radius 2 is 1.96 bits per heavy atom. The van der Waals surface area contributed by atoms with Gasteiger partial charge in [-0.1, -0.05) is 23.4 Å². The van der Waals surface area contributed by atoms with E-state index in [1.807, 2.05) is 31.2 Å². The normalized spacial score (nSPS) is 11.0. The number of esters is 1. The fourth-order valence-corrected chi connectivity index (χ4v) is 2.77. The summed E-state index contributed by atoms with van der Waals surface area (Å²) in [5.74, 6) is -0.257. The zero-order chi connectivity index (χ0) is 18.1. The first-order valence-electron chi connectivity index (χ1n) is 8.08. The summed E-state index contributed by atoms with van der Waals surface area (Å²) in [6, 6.07) is 15.3. The number of hydrogen-bond donors (Lipinski definition) is 1. The zero-order valence-electron chi connectivity index (χ0n) is 14.0. The van der Waals surface area contributed by atoms with Gasteiger partial charge < -0.3 is 14.2 Å². The molecule has 2 aromatic carbocycles. The topological polar surface area (TPSA) is 68.1 Å². The third-order valence-electron chi connectivity index (χ3n) is 4.22. The van der Waals surface area contributed by atoms with Crippen molar-refractivity contribution in [3.63, 3.8) is 0 Å². The molecule has 0 amide bonds. The Morgan fingerprint density at radius 3 is 2.73 bits per heavy atom. The molecule has 4 aromatic rings. The number of halogens is 1. The van der Waals surface area contributed by atoms with Gasteiger partial charge in [-0.2, -0.15) is 0 Å². The number of nitrogens with one attached hydrogen (secondary N) is 1. The van der Waals surface area contributed by atoms with Gasteiger partial charge in [-0.15, -0.1) is 0 Å². The molecule has 2 heterocycles. The summed E-state index contributed by atoms with van der Waals surface area (Å²) in [5, 5.41) is 4.91. The van der Waals surface area contributed by atoms with Crippen LogP contribution in [0.3, 0.4) is 0 Å². The second-order valence-corrected chi connectivity index (χ2v) is 5.94. The Morgan fingerprint density at radius 1 is 1.19 bits per heavy atom. The second-order valence-electron chi connectivity index (χ2n) is 5.94. The molecule has 0 aliphatic rings. The molecule has 0 saturated heterocycles. The highest BCUT2D eigenvalue weighted by Gasteiger charge is 2.17. The van der Waals surface area contributed by atoms with Crippen LogP contribution in [0.15, 0.2) is 59.1 Å². The molecule has 0 aliphatic carbocycles. The molecule has 130 valence electrons. The van der Waals surface area contributed by atoms with Crippen molar-refractivity contribution in [2.45, 2.75) is 13.5 Å². The molecule has 26 heavy (non-hydrogen) atoms. The highest BCUT2D eigenvalue weighted by molar-refractivity contribution is 5.94. The van der Waals surface area contributed by atoms with Crippen molar-refractivity contribution in [1.29, 1.82) is 0 Å². The molecule has 0 atom stereocenters. The van der Waals surface area contributed by atoms with E-state index in [1.54, 1.807) is 18.2 Å². The Labute approximate surface area is 148 Å². The zero-order valence-corrected chi connectivity index (χ0v) is 14.0. The van der Waals surface area contributed by atoms with Crippen LogP contribution in [0.1, 0.15) is 21.7 Å². The lowest BCUT2D eigenvalue weighted by molar-refractivity contribution is 0.0458. The number of carbonyl (C=O) groups is 1. The summed E-state index contributed by atoms with van der Waals surface area (Å²) in [6.07, 6.45) is 0. The summed E-state index contributed by atoms with van der Waals surface area (Å²) in [4.78, 5) is 15.3. The third-order valence-corrected chi connectivity index (χ3v) is 4.22. The van der Waals surface area contributed by atoms with E-state index in [4.69, 9.17) is 9.26 Å². The van der Waals surface area contributed by atoms with Gasteiger partial charge in [-0.05, 0) is 43.3 Å². The average molecular weight is 350 g/mol. The molecular formula is C20H15FN2O3. The minimum atomic E-state index is -0.466. The van der Waals surface area contributed by atoms with Crippen LogP contribution in [0.2, 0.25) is 0 Å². The van der Waals surface area contributed by atoms with E-state index in [0.717, 1.165) is 16.5 Å². The Kier molecular flexibility index (Phi) is 4.01. The van der Waals surface area contributed by atoms with E-state index >= 15 is 0 Å². The van der Waals surface area contributed by atoms with Gasteiger partial charge in [0.05, 0.1) is 0 Å². The summed E-state index contributed by atoms with van der Waals surface area (Å²) in [7, 11) is 0. The number of para-hydroxylation sites is 1. The number of rotatable bonds is 4. The van der Waals surface area contributed by atoms with Crippen molar-refractivity contribution in [3.8, 4) is 11.3 Å². The largest absolute Gasteiger partial charge is 0.454 e. The average Bonchev–Trinajstić information content (AvgIpc) is 3.24. The number of H-pyrrole nitrogens is 1. The summed E-state index contributed by atoms with van der Waals surface area (Å²) >= 11 is 0. The maximum atomic E-state index is 13.0. The Bertz CT molecular complexity index is 1050. The van der Waals surface area contributed by atoms with Crippen LogP contribution >= 0.6 is 0 Å². The predicted molar refractivity (Wildman–Crippen MR) is 94.1 cm³/mol. The van der Waals surface area contributed by atoms with Gasteiger partial charge in [0.2, 0.25) is 0 Å². The van der Waals surface area contributed by atoms with E-state index in [0.29, 0.717) is 22.7 Å². The van der Waals surface area contributed by atoms with Gasteiger partial charge in [0, 0.05) is 22.0 Å². The minimum absolute atomic E-state index is 0.00920. The van der Waals surface area contributed by atoms with Crippen molar-refractivity contribution in [2.75, 3.05) is 0 Å². The molecule has 5 nitrogen and oxygen atoms in total. The van der Waals surface area contributed by atoms with E-state index < -0.39 is 5.97 Å². The summed E-state index contributed by atoms with van der Waals surface area (Å²) < 4.78 is 23.7. The van der Waals surface area contributed by atoms with Crippen molar-refractivity contribution >= 4 is 16.9 Å². The molecule has 0 unspecified atom stereocenters. The van der Waals surface area contributed by atoms with Gasteiger partial charge in [-0.25, -0.2) is 9.18 Å². The highest BCUT2D eigenvalue weighted by atomic mass is 19.1. The Hall–Kier alpha value is -3.41. The number of carbonyl (C=O) groups excluding carboxylic acids is 1. The molecular weight excluding hydrogens is 335 g/mol. The van der Waals surface area contributed by atoms with E-state index in [1.165, 1.54) is 12.1 Å². The van der Waals surface area contributed by atoms with Gasteiger partial charge in [0.1, 0.15) is 23.8 Å². The molecule has 0 spiro atoms. The molecule has 0 radical (unpaired) electrons. The van der Waals surface area contributed by atoms with E-state index in [-0.39, 0.29) is 12.4 Å². The highest BCUT2D eigenvalue weighted by Crippen LogP contribution is 2.26. The molecule has 4 rings (SSSR count). The molecule has 0 bridgehead atoms. The number of nitrogens with zero attached hydrogens (tertiary/aromatic N) is 1. The molecule has 0 fully saturated rings. The molecule has 2 aromatic heterocycles. The van der Waals surface area contributed by atoms with Gasteiger partial charge in [-0.3, -0.25) is 0 Å². The van der Waals surface area contributed by atoms with Crippen LogP contribution in [-0.4, -0.2) is 16.1 Å². The lowest BCUT2D eigenvalue weighted by Crippen LogP contribution is -2.06. The molecule has 1 N–H and O–H groups in total. The fraction of sp³-hybridized carbons (Fsp3) is 0.100. The number of hydrogen-bond acceptors (Lipinski definition) is 4. The second kappa shape index (κ2) is 6.48. The smallest absolute Gasteiger partial charge is 0.355 e. The molecule has 6 heteroatoms. The lowest BCUT2D eigenvalue weighted by Gasteiger charge is -2.01. The first-order valence-corrected chi connectivity index (χ1v) is 8.08. The van der Waals surface area contributed by atoms with Crippen LogP contribution in [0.4, 0.5) is 4.39 Å². The van der Waals surface area contributed by atoms with E-state index in [2.05, 4.69) is 10.1 Å². The monoisotopic (exact) mass is 350 g/mol. The summed E-state index contributed by atoms with van der Waals surface area (Å²) in [5.41, 5.74) is 3.24. The van der Waals surface area contributed by atoms with Crippen molar-refractivity contribution in [2.24, 2.45) is 0 Å². The van der Waals surface area contributed by atoms with Crippen molar-refractivity contribution in [1.82, 2.24) is 10.1 Å². The fourth-order valence-electron chi connectivity index (χ4n) is 2.77. The van der Waals surface area contributed by atoms with Crippen LogP contribution in [0, 0.1) is 12.7 Å². The SMILES string of the molecule is Cc1c(COC(=O)c2cc3ccccc3[nH]2)noc1-c1ccc(F)cc1. The Balaban J connectivity index is 1.49. The summed E-state index contributed by atoms with van der Waals surface area (Å²) in [6.45, 7) is 1.81. The number of aromatic amines is 1.